The van der Waals surface area contributed by atoms with Gasteiger partial charge in [-0.15, -0.1) is 0 Å². The van der Waals surface area contributed by atoms with Gasteiger partial charge in [-0.05, 0) is 25.7 Å². The number of hydrogen-bond donors (Lipinski definition) is 1. The molecule has 1 N–H and O–H groups in total. The zero-order valence-corrected chi connectivity index (χ0v) is 10.9. The minimum absolute atomic E-state index is 0.331. The zero-order valence-electron chi connectivity index (χ0n) is 10.0. The molecule has 2 rings (SSSR count). The summed E-state index contributed by atoms with van der Waals surface area (Å²) in [4.78, 5) is 4.62. The van der Waals surface area contributed by atoms with Gasteiger partial charge in [-0.1, -0.05) is 38.5 Å². The predicted octanol–water partition coefficient (Wildman–Crippen LogP) is 3.04. The van der Waals surface area contributed by atoms with Gasteiger partial charge in [0.1, 0.15) is 0 Å². The summed E-state index contributed by atoms with van der Waals surface area (Å²) in [5, 5.41) is 5.54. The number of aliphatic imine (C=N–C) groups is 1. The van der Waals surface area contributed by atoms with Gasteiger partial charge in [0.15, 0.2) is 5.17 Å². The van der Waals surface area contributed by atoms with Gasteiger partial charge < -0.3 is 5.32 Å². The summed E-state index contributed by atoms with van der Waals surface area (Å²) >= 11 is 1.94. The molecule has 0 aromatic carbocycles. The molecule has 0 saturated heterocycles. The number of nitrogens with zero attached hydrogens (tertiary/aromatic N) is 1. The van der Waals surface area contributed by atoms with Crippen LogP contribution in [0, 0.1) is 5.92 Å². The van der Waals surface area contributed by atoms with Gasteiger partial charge in [0.2, 0.25) is 0 Å². The average Bonchev–Trinajstić information content (AvgIpc) is 2.75. The highest BCUT2D eigenvalue weighted by Crippen LogP contribution is 2.32. The Balaban J connectivity index is 1.86. The molecule has 1 heterocycles. The van der Waals surface area contributed by atoms with E-state index in [1.807, 2.05) is 11.8 Å². The predicted molar refractivity (Wildman–Crippen MR) is 68.5 cm³/mol. The molecular formula is C12H22N2S. The largest absolute Gasteiger partial charge is 0.360 e. The minimum Gasteiger partial charge on any atom is -0.360 e. The van der Waals surface area contributed by atoms with E-state index in [0.29, 0.717) is 10.8 Å². The second-order valence-electron chi connectivity index (χ2n) is 5.44. The molecule has 86 valence electrons. The smallest absolute Gasteiger partial charge is 0.157 e. The van der Waals surface area contributed by atoms with E-state index >= 15 is 0 Å². The number of thioether (sulfide) groups is 1. The topological polar surface area (TPSA) is 24.4 Å². The molecule has 0 aromatic heterocycles. The molecular weight excluding hydrogens is 204 g/mol. The Labute approximate surface area is 97.3 Å². The standard InChI is InChI=1S/C12H22N2S/c1-9(2)10-8-13-11(15-10)14-12(3)6-4-5-7-12/h9-10H,4-8H2,1-3H3,(H,13,14). The van der Waals surface area contributed by atoms with Gasteiger partial charge in [-0.25, -0.2) is 0 Å². The summed E-state index contributed by atoms with van der Waals surface area (Å²) in [7, 11) is 0. The Morgan fingerprint density at radius 2 is 2.07 bits per heavy atom. The number of nitrogens with one attached hydrogen (secondary N) is 1. The van der Waals surface area contributed by atoms with Crippen LogP contribution in [0.5, 0.6) is 0 Å². The fraction of sp³-hybridized carbons (Fsp3) is 0.917. The van der Waals surface area contributed by atoms with Crippen molar-refractivity contribution in [1.82, 2.24) is 5.32 Å². The fourth-order valence-corrected chi connectivity index (χ4v) is 3.51. The first-order valence-electron chi connectivity index (χ1n) is 6.08. The Hall–Kier alpha value is -0.180. The van der Waals surface area contributed by atoms with Gasteiger partial charge >= 0.3 is 0 Å². The van der Waals surface area contributed by atoms with E-state index in [9.17, 15) is 0 Å². The van der Waals surface area contributed by atoms with E-state index in [-0.39, 0.29) is 0 Å². The van der Waals surface area contributed by atoms with Crippen molar-refractivity contribution in [2.45, 2.75) is 57.2 Å². The lowest BCUT2D eigenvalue weighted by atomic mass is 10.0. The summed E-state index contributed by atoms with van der Waals surface area (Å²) in [6, 6.07) is 0. The molecule has 0 amide bonds. The third kappa shape index (κ3) is 2.68. The van der Waals surface area contributed by atoms with E-state index in [0.717, 1.165) is 12.5 Å². The summed E-state index contributed by atoms with van der Waals surface area (Å²) < 4.78 is 0. The molecule has 2 aliphatic rings. The molecule has 1 aliphatic carbocycles. The summed E-state index contributed by atoms with van der Waals surface area (Å²) in [5.41, 5.74) is 0.331. The van der Waals surface area contributed by atoms with Crippen LogP contribution in [0.2, 0.25) is 0 Å². The van der Waals surface area contributed by atoms with Crippen LogP contribution in [0.3, 0.4) is 0 Å². The van der Waals surface area contributed by atoms with Crippen molar-refractivity contribution < 1.29 is 0 Å². The van der Waals surface area contributed by atoms with E-state index in [2.05, 4.69) is 31.1 Å². The van der Waals surface area contributed by atoms with Crippen LogP contribution in [-0.2, 0) is 0 Å². The van der Waals surface area contributed by atoms with Crippen molar-refractivity contribution in [1.29, 1.82) is 0 Å². The first-order chi connectivity index (χ1) is 7.09. The molecule has 1 atom stereocenters. The van der Waals surface area contributed by atoms with Gasteiger partial charge in [-0.2, -0.15) is 0 Å². The molecule has 0 radical (unpaired) electrons. The maximum absolute atomic E-state index is 4.62. The molecule has 2 nitrogen and oxygen atoms in total. The first kappa shape index (κ1) is 11.3. The number of amidine groups is 1. The highest BCUT2D eigenvalue weighted by Gasteiger charge is 2.32. The Bertz CT molecular complexity index is 254. The van der Waals surface area contributed by atoms with Gasteiger partial charge in [-0.3, -0.25) is 4.99 Å². The normalized spacial score (nSPS) is 29.6. The van der Waals surface area contributed by atoms with E-state index in [1.54, 1.807) is 0 Å². The van der Waals surface area contributed by atoms with Crippen LogP contribution in [0.4, 0.5) is 0 Å². The lowest BCUT2D eigenvalue weighted by Gasteiger charge is -2.26. The lowest BCUT2D eigenvalue weighted by molar-refractivity contribution is 0.434. The molecule has 1 saturated carbocycles. The summed E-state index contributed by atoms with van der Waals surface area (Å²) in [6.45, 7) is 7.91. The summed E-state index contributed by atoms with van der Waals surface area (Å²) in [5.74, 6) is 0.731. The quantitative estimate of drug-likeness (QED) is 0.782. The van der Waals surface area contributed by atoms with Gasteiger partial charge in [0, 0.05) is 10.8 Å². The van der Waals surface area contributed by atoms with Crippen molar-refractivity contribution in [3.8, 4) is 0 Å². The molecule has 1 fully saturated rings. The SMILES string of the molecule is CC(C)C1CN=C(NC2(C)CCCC2)S1. The average molecular weight is 226 g/mol. The van der Waals surface area contributed by atoms with Crippen LogP contribution in [0.15, 0.2) is 4.99 Å². The van der Waals surface area contributed by atoms with Crippen LogP contribution in [0.1, 0.15) is 46.5 Å². The second kappa shape index (κ2) is 4.36. The third-order valence-corrected chi connectivity index (χ3v) is 4.99. The highest BCUT2D eigenvalue weighted by atomic mass is 32.2. The fourth-order valence-electron chi connectivity index (χ4n) is 2.35. The van der Waals surface area contributed by atoms with Crippen LogP contribution < -0.4 is 5.32 Å². The molecule has 1 unspecified atom stereocenters. The van der Waals surface area contributed by atoms with Crippen molar-refractivity contribution >= 4 is 16.9 Å². The van der Waals surface area contributed by atoms with Gasteiger partial charge in [0.25, 0.3) is 0 Å². The van der Waals surface area contributed by atoms with E-state index in [4.69, 9.17) is 0 Å². The number of rotatable bonds is 2. The highest BCUT2D eigenvalue weighted by molar-refractivity contribution is 8.14. The Kier molecular flexibility index (Phi) is 3.29. The Morgan fingerprint density at radius 3 is 2.60 bits per heavy atom. The molecule has 1 aliphatic heterocycles. The number of hydrogen-bond acceptors (Lipinski definition) is 3. The molecule has 15 heavy (non-hydrogen) atoms. The molecule has 0 aromatic rings. The monoisotopic (exact) mass is 226 g/mol. The van der Waals surface area contributed by atoms with E-state index in [1.165, 1.54) is 30.9 Å². The van der Waals surface area contributed by atoms with Gasteiger partial charge in [0.05, 0.1) is 6.54 Å². The van der Waals surface area contributed by atoms with Crippen LogP contribution in [0.25, 0.3) is 0 Å². The minimum atomic E-state index is 0.331. The second-order valence-corrected chi connectivity index (χ2v) is 6.67. The summed E-state index contributed by atoms with van der Waals surface area (Å²) in [6.07, 6.45) is 5.35. The van der Waals surface area contributed by atoms with E-state index < -0.39 is 0 Å². The maximum Gasteiger partial charge on any atom is 0.157 e. The third-order valence-electron chi connectivity index (χ3n) is 3.54. The van der Waals surface area contributed by atoms with Crippen molar-refractivity contribution in [2.24, 2.45) is 10.9 Å². The van der Waals surface area contributed by atoms with Crippen LogP contribution >= 0.6 is 11.8 Å². The van der Waals surface area contributed by atoms with Crippen LogP contribution in [-0.4, -0.2) is 22.5 Å². The molecule has 3 heteroatoms. The van der Waals surface area contributed by atoms with Crippen molar-refractivity contribution in [2.75, 3.05) is 6.54 Å². The molecule has 0 spiro atoms. The zero-order chi connectivity index (χ0) is 10.9. The van der Waals surface area contributed by atoms with Crippen molar-refractivity contribution in [3.63, 3.8) is 0 Å². The Morgan fingerprint density at radius 1 is 1.40 bits per heavy atom. The van der Waals surface area contributed by atoms with Crippen molar-refractivity contribution in [3.05, 3.63) is 0 Å². The lowest BCUT2D eigenvalue weighted by Crippen LogP contribution is -2.42. The first-order valence-corrected chi connectivity index (χ1v) is 6.96. The molecule has 0 bridgehead atoms. The maximum atomic E-state index is 4.62.